The number of benzene rings is 1. The summed E-state index contributed by atoms with van der Waals surface area (Å²) in [5.41, 5.74) is 2.81. The SMILES string of the molecule is CC(C)(C)Nc1c([Si](C)(C)C)cn(-c2ccc(C#N)cc2)c1NC(C)(C)C. The van der Waals surface area contributed by atoms with Gasteiger partial charge in [0.15, 0.2) is 0 Å². The number of rotatable bonds is 4. The number of nitrogens with one attached hydrogen (secondary N) is 2. The van der Waals surface area contributed by atoms with Gasteiger partial charge in [0, 0.05) is 23.0 Å². The molecular weight excluding hydrogens is 348 g/mol. The summed E-state index contributed by atoms with van der Waals surface area (Å²) < 4.78 is 2.23. The third-order valence-corrected chi connectivity index (χ3v) is 6.08. The van der Waals surface area contributed by atoms with E-state index in [1.165, 1.54) is 10.9 Å². The van der Waals surface area contributed by atoms with Crippen LogP contribution in [0.15, 0.2) is 30.5 Å². The van der Waals surface area contributed by atoms with Gasteiger partial charge in [0.2, 0.25) is 0 Å². The van der Waals surface area contributed by atoms with E-state index in [0.29, 0.717) is 5.56 Å². The molecule has 0 bridgehead atoms. The van der Waals surface area contributed by atoms with Crippen LogP contribution in [-0.4, -0.2) is 23.7 Å². The van der Waals surface area contributed by atoms with Gasteiger partial charge in [-0.1, -0.05) is 19.6 Å². The topological polar surface area (TPSA) is 52.8 Å². The molecule has 1 heterocycles. The smallest absolute Gasteiger partial charge is 0.134 e. The van der Waals surface area contributed by atoms with Crippen LogP contribution in [0, 0.1) is 11.3 Å². The Bertz CT molecular complexity index is 835. The van der Waals surface area contributed by atoms with Crippen LogP contribution in [0.2, 0.25) is 19.6 Å². The zero-order chi connectivity index (χ0) is 20.6. The molecule has 0 unspecified atom stereocenters. The first-order chi connectivity index (χ1) is 12.2. The van der Waals surface area contributed by atoms with Crippen LogP contribution in [0.5, 0.6) is 0 Å². The molecule has 0 fully saturated rings. The van der Waals surface area contributed by atoms with E-state index in [0.717, 1.165) is 11.5 Å². The molecule has 0 amide bonds. The Labute approximate surface area is 165 Å². The lowest BCUT2D eigenvalue weighted by atomic mass is 10.1. The van der Waals surface area contributed by atoms with Crippen molar-refractivity contribution in [2.24, 2.45) is 0 Å². The first-order valence-corrected chi connectivity index (χ1v) is 13.0. The highest BCUT2D eigenvalue weighted by Crippen LogP contribution is 2.32. The highest BCUT2D eigenvalue weighted by Gasteiger charge is 2.30. The summed E-state index contributed by atoms with van der Waals surface area (Å²) in [5, 5.41) is 18.0. The Morgan fingerprint density at radius 3 is 1.81 bits per heavy atom. The number of nitrogens with zero attached hydrogens (tertiary/aromatic N) is 2. The Morgan fingerprint density at radius 1 is 0.889 bits per heavy atom. The summed E-state index contributed by atoms with van der Waals surface area (Å²) in [6.07, 6.45) is 2.27. The molecule has 4 nitrogen and oxygen atoms in total. The molecule has 0 aliphatic rings. The molecule has 0 saturated heterocycles. The summed E-state index contributed by atoms with van der Waals surface area (Å²) >= 11 is 0. The molecule has 0 saturated carbocycles. The summed E-state index contributed by atoms with van der Waals surface area (Å²) in [6.45, 7) is 20.2. The fourth-order valence-corrected chi connectivity index (χ4v) is 4.40. The van der Waals surface area contributed by atoms with Gasteiger partial charge in [-0.25, -0.2) is 0 Å². The second kappa shape index (κ2) is 7.08. The van der Waals surface area contributed by atoms with Crippen molar-refractivity contribution in [3.8, 4) is 11.8 Å². The molecule has 1 aromatic heterocycles. The van der Waals surface area contributed by atoms with Crippen LogP contribution in [0.3, 0.4) is 0 Å². The molecule has 0 aliphatic heterocycles. The first-order valence-electron chi connectivity index (χ1n) is 9.54. The second-order valence-corrected chi connectivity index (χ2v) is 15.3. The van der Waals surface area contributed by atoms with E-state index in [1.807, 2.05) is 24.3 Å². The lowest BCUT2D eigenvalue weighted by molar-refractivity contribution is 0.620. The maximum atomic E-state index is 9.12. The van der Waals surface area contributed by atoms with Crippen LogP contribution in [0.1, 0.15) is 47.1 Å². The predicted octanol–water partition coefficient (Wildman–Crippen LogP) is 5.31. The molecular formula is C22H34N4Si. The number of nitriles is 1. The van der Waals surface area contributed by atoms with Crippen LogP contribution in [0.25, 0.3) is 5.69 Å². The van der Waals surface area contributed by atoms with Crippen molar-refractivity contribution >= 4 is 24.8 Å². The monoisotopic (exact) mass is 382 g/mol. The van der Waals surface area contributed by atoms with E-state index >= 15 is 0 Å². The van der Waals surface area contributed by atoms with Crippen molar-refractivity contribution < 1.29 is 0 Å². The minimum atomic E-state index is -1.59. The van der Waals surface area contributed by atoms with E-state index in [-0.39, 0.29) is 11.1 Å². The zero-order valence-electron chi connectivity index (χ0n) is 18.3. The Kier molecular flexibility index (Phi) is 5.54. The number of hydrogen-bond acceptors (Lipinski definition) is 3. The van der Waals surface area contributed by atoms with Gasteiger partial charge in [0.25, 0.3) is 0 Å². The molecule has 0 atom stereocenters. The number of aromatic nitrogens is 1. The maximum absolute atomic E-state index is 9.12. The molecule has 5 heteroatoms. The predicted molar refractivity (Wildman–Crippen MR) is 120 cm³/mol. The summed E-state index contributed by atoms with van der Waals surface area (Å²) in [4.78, 5) is 0. The molecule has 0 radical (unpaired) electrons. The van der Waals surface area contributed by atoms with Gasteiger partial charge in [-0.05, 0) is 71.0 Å². The van der Waals surface area contributed by atoms with Crippen LogP contribution in [-0.2, 0) is 0 Å². The maximum Gasteiger partial charge on any atom is 0.134 e. The van der Waals surface area contributed by atoms with Gasteiger partial charge >= 0.3 is 0 Å². The Balaban J connectivity index is 2.75. The molecule has 2 rings (SSSR count). The molecule has 27 heavy (non-hydrogen) atoms. The fraction of sp³-hybridized carbons (Fsp3) is 0.500. The van der Waals surface area contributed by atoms with Crippen molar-refractivity contribution in [1.82, 2.24) is 4.57 Å². The van der Waals surface area contributed by atoms with Gasteiger partial charge in [-0.3, -0.25) is 0 Å². The average molecular weight is 383 g/mol. The Morgan fingerprint density at radius 2 is 1.41 bits per heavy atom. The largest absolute Gasteiger partial charge is 0.378 e. The highest BCUT2D eigenvalue weighted by molar-refractivity contribution is 6.90. The van der Waals surface area contributed by atoms with E-state index in [1.54, 1.807) is 0 Å². The zero-order valence-corrected chi connectivity index (χ0v) is 19.3. The van der Waals surface area contributed by atoms with Gasteiger partial charge in [0.05, 0.1) is 25.4 Å². The van der Waals surface area contributed by atoms with Gasteiger partial charge in [-0.2, -0.15) is 5.26 Å². The first kappa shape index (κ1) is 21.1. The molecule has 0 aliphatic carbocycles. The normalized spacial score (nSPS) is 12.6. The standard InChI is InChI=1S/C22H34N4Si/c1-21(2,3)24-19-18(27(7,8)9)15-26(20(19)25-22(4,5)6)17-12-10-16(14-23)11-13-17/h10-13,15,24-25H,1-9H3. The van der Waals surface area contributed by atoms with Crippen LogP contribution in [0.4, 0.5) is 11.5 Å². The average Bonchev–Trinajstić information content (AvgIpc) is 2.82. The fourth-order valence-electron chi connectivity index (χ4n) is 2.95. The molecule has 146 valence electrons. The van der Waals surface area contributed by atoms with Crippen molar-refractivity contribution in [3.63, 3.8) is 0 Å². The summed E-state index contributed by atoms with van der Waals surface area (Å²) in [6, 6.07) is 9.98. The summed E-state index contributed by atoms with van der Waals surface area (Å²) in [7, 11) is -1.59. The third-order valence-electron chi connectivity index (χ3n) is 4.08. The van der Waals surface area contributed by atoms with Crippen LogP contribution >= 0.6 is 0 Å². The quantitative estimate of drug-likeness (QED) is 0.704. The molecule has 1 aromatic carbocycles. The van der Waals surface area contributed by atoms with Crippen molar-refractivity contribution in [2.45, 2.75) is 72.3 Å². The molecule has 2 aromatic rings. The van der Waals surface area contributed by atoms with Crippen molar-refractivity contribution in [3.05, 3.63) is 36.0 Å². The Hall–Kier alpha value is -2.19. The van der Waals surface area contributed by atoms with Crippen molar-refractivity contribution in [1.29, 1.82) is 5.26 Å². The van der Waals surface area contributed by atoms with E-state index in [4.69, 9.17) is 5.26 Å². The number of hydrogen-bond donors (Lipinski definition) is 2. The molecule has 2 N–H and O–H groups in total. The highest BCUT2D eigenvalue weighted by atomic mass is 28.3. The summed E-state index contributed by atoms with van der Waals surface area (Å²) in [5.74, 6) is 1.08. The number of anilines is 2. The minimum Gasteiger partial charge on any atom is -0.378 e. The van der Waals surface area contributed by atoms with Gasteiger partial charge in [-0.15, -0.1) is 0 Å². The van der Waals surface area contributed by atoms with Gasteiger partial charge in [0.1, 0.15) is 5.82 Å². The van der Waals surface area contributed by atoms with E-state index in [9.17, 15) is 0 Å². The minimum absolute atomic E-state index is 0.0421. The second-order valence-electron chi connectivity index (χ2n) is 10.3. The van der Waals surface area contributed by atoms with E-state index in [2.05, 4.69) is 88.7 Å². The molecule has 0 spiro atoms. The lowest BCUT2D eigenvalue weighted by Crippen LogP contribution is -2.41. The lowest BCUT2D eigenvalue weighted by Gasteiger charge is -2.30. The van der Waals surface area contributed by atoms with Gasteiger partial charge < -0.3 is 15.2 Å². The van der Waals surface area contributed by atoms with Crippen LogP contribution < -0.4 is 15.8 Å². The third kappa shape index (κ3) is 5.40. The van der Waals surface area contributed by atoms with Crippen molar-refractivity contribution in [2.75, 3.05) is 10.6 Å². The van der Waals surface area contributed by atoms with E-state index < -0.39 is 8.07 Å².